The highest BCUT2D eigenvalue weighted by Crippen LogP contribution is 2.30. The van der Waals surface area contributed by atoms with Crippen LogP contribution in [0.2, 0.25) is 0 Å². The molecule has 0 unspecified atom stereocenters. The number of ketones is 2. The topological polar surface area (TPSA) is 60.2 Å². The average molecular weight is 353 g/mol. The summed E-state index contributed by atoms with van der Waals surface area (Å²) in [7, 11) is 0. The maximum absolute atomic E-state index is 13.1. The van der Waals surface area contributed by atoms with Crippen molar-refractivity contribution in [3.05, 3.63) is 114 Å². The number of hydrogen-bond acceptors (Lipinski definition) is 4. The Morgan fingerprint density at radius 3 is 1.63 bits per heavy atom. The summed E-state index contributed by atoms with van der Waals surface area (Å²) in [6.07, 6.45) is 4.48. The molecular weight excluding hydrogens is 338 g/mol. The highest BCUT2D eigenvalue weighted by atomic mass is 16.3. The van der Waals surface area contributed by atoms with E-state index in [0.29, 0.717) is 33.6 Å². The number of hydrogen-bond donors (Lipinski definition) is 0. The summed E-state index contributed by atoms with van der Waals surface area (Å²) in [5.41, 5.74) is 2.17. The minimum Gasteiger partial charge on any atom is -0.464 e. The monoisotopic (exact) mass is 353 g/mol. The zero-order valence-electron chi connectivity index (χ0n) is 14.3. The lowest BCUT2D eigenvalue weighted by Gasteiger charge is -2.11. The minimum atomic E-state index is -0.211. The second kappa shape index (κ2) is 7.22. The molecule has 4 aromatic rings. The highest BCUT2D eigenvalue weighted by Gasteiger charge is 2.24. The third-order valence-electron chi connectivity index (χ3n) is 4.27. The van der Waals surface area contributed by atoms with Gasteiger partial charge in [-0.05, 0) is 12.1 Å². The van der Waals surface area contributed by atoms with E-state index < -0.39 is 0 Å². The molecule has 0 bridgehead atoms. The number of furan rings is 1. The van der Waals surface area contributed by atoms with Crippen molar-refractivity contribution >= 4 is 11.6 Å². The lowest BCUT2D eigenvalue weighted by atomic mass is 9.92. The Balaban J connectivity index is 1.91. The third-order valence-corrected chi connectivity index (χ3v) is 4.27. The Labute approximate surface area is 156 Å². The van der Waals surface area contributed by atoms with E-state index in [1.807, 2.05) is 12.1 Å². The van der Waals surface area contributed by atoms with Crippen LogP contribution in [-0.2, 0) is 0 Å². The lowest BCUT2D eigenvalue weighted by molar-refractivity contribution is 0.103. The van der Waals surface area contributed by atoms with E-state index in [0.717, 1.165) is 0 Å². The maximum atomic E-state index is 13.1. The molecule has 2 aromatic carbocycles. The van der Waals surface area contributed by atoms with Crippen molar-refractivity contribution in [3.63, 3.8) is 0 Å². The highest BCUT2D eigenvalue weighted by molar-refractivity contribution is 6.18. The Hall–Kier alpha value is -3.79. The molecule has 27 heavy (non-hydrogen) atoms. The van der Waals surface area contributed by atoms with Crippen LogP contribution >= 0.6 is 0 Å². The van der Waals surface area contributed by atoms with Crippen molar-refractivity contribution in [2.75, 3.05) is 0 Å². The number of benzene rings is 2. The molecule has 2 heterocycles. The average Bonchev–Trinajstić information content (AvgIpc) is 3.28. The first-order chi connectivity index (χ1) is 13.3. The molecule has 0 aliphatic rings. The predicted molar refractivity (Wildman–Crippen MR) is 102 cm³/mol. The van der Waals surface area contributed by atoms with Crippen LogP contribution in [0.4, 0.5) is 0 Å². The van der Waals surface area contributed by atoms with Crippen molar-refractivity contribution in [1.82, 2.24) is 4.98 Å². The molecule has 4 rings (SSSR count). The van der Waals surface area contributed by atoms with Crippen LogP contribution in [0.15, 0.2) is 95.9 Å². The van der Waals surface area contributed by atoms with E-state index in [2.05, 4.69) is 4.98 Å². The van der Waals surface area contributed by atoms with Crippen LogP contribution in [0.25, 0.3) is 11.3 Å². The summed E-state index contributed by atoms with van der Waals surface area (Å²) >= 11 is 0. The summed E-state index contributed by atoms with van der Waals surface area (Å²) in [6.45, 7) is 0. The van der Waals surface area contributed by atoms with E-state index in [-0.39, 0.29) is 11.6 Å². The summed E-state index contributed by atoms with van der Waals surface area (Å²) in [5.74, 6) is 0.0328. The Morgan fingerprint density at radius 2 is 1.19 bits per heavy atom. The van der Waals surface area contributed by atoms with Gasteiger partial charge in [0.2, 0.25) is 0 Å². The normalized spacial score (nSPS) is 10.5. The summed E-state index contributed by atoms with van der Waals surface area (Å²) in [5, 5.41) is 0. The van der Waals surface area contributed by atoms with Crippen LogP contribution in [0.1, 0.15) is 31.8 Å². The van der Waals surface area contributed by atoms with Crippen LogP contribution in [0, 0.1) is 0 Å². The molecule has 0 aliphatic carbocycles. The zero-order chi connectivity index (χ0) is 18.6. The fraction of sp³-hybridized carbons (Fsp3) is 0. The van der Waals surface area contributed by atoms with Crippen LogP contribution in [0.3, 0.4) is 0 Å². The first-order valence-corrected chi connectivity index (χ1v) is 8.47. The van der Waals surface area contributed by atoms with Gasteiger partial charge in [-0.1, -0.05) is 60.7 Å². The van der Waals surface area contributed by atoms with Crippen molar-refractivity contribution in [2.24, 2.45) is 0 Å². The molecular formula is C23H15NO3. The molecule has 0 saturated carbocycles. The largest absolute Gasteiger partial charge is 0.464 e. The number of pyridine rings is 1. The molecule has 0 amide bonds. The molecule has 0 N–H and O–H groups in total. The van der Waals surface area contributed by atoms with Crippen molar-refractivity contribution in [1.29, 1.82) is 0 Å². The first-order valence-electron chi connectivity index (χ1n) is 8.47. The SMILES string of the molecule is O=C(c1ccccc1)c1cncc(C(=O)c2ccccc2)c1-c1ccco1. The van der Waals surface area contributed by atoms with Gasteiger partial charge in [0.25, 0.3) is 0 Å². The maximum Gasteiger partial charge on any atom is 0.195 e. The van der Waals surface area contributed by atoms with Gasteiger partial charge >= 0.3 is 0 Å². The molecule has 0 atom stereocenters. The van der Waals surface area contributed by atoms with Crippen molar-refractivity contribution < 1.29 is 14.0 Å². The van der Waals surface area contributed by atoms with E-state index in [1.165, 1.54) is 18.7 Å². The van der Waals surface area contributed by atoms with Gasteiger partial charge in [0.15, 0.2) is 11.6 Å². The molecule has 4 nitrogen and oxygen atoms in total. The molecule has 0 aliphatic heterocycles. The Morgan fingerprint density at radius 1 is 0.667 bits per heavy atom. The Bertz CT molecular complexity index is 1020. The van der Waals surface area contributed by atoms with Gasteiger partial charge in [0.05, 0.1) is 17.4 Å². The quantitative estimate of drug-likeness (QED) is 0.483. The molecule has 4 heteroatoms. The van der Waals surface area contributed by atoms with Crippen LogP contribution in [-0.4, -0.2) is 16.6 Å². The van der Waals surface area contributed by atoms with Gasteiger partial charge in [0, 0.05) is 29.1 Å². The second-order valence-corrected chi connectivity index (χ2v) is 5.98. The fourth-order valence-corrected chi connectivity index (χ4v) is 2.98. The third kappa shape index (κ3) is 3.20. The molecule has 0 spiro atoms. The van der Waals surface area contributed by atoms with Crippen molar-refractivity contribution in [3.8, 4) is 11.3 Å². The zero-order valence-corrected chi connectivity index (χ0v) is 14.3. The lowest BCUT2D eigenvalue weighted by Crippen LogP contribution is -2.10. The number of carbonyl (C=O) groups excluding carboxylic acids is 2. The van der Waals surface area contributed by atoms with Gasteiger partial charge in [-0.3, -0.25) is 14.6 Å². The first kappa shape index (κ1) is 16.7. The summed E-state index contributed by atoms with van der Waals surface area (Å²) in [6, 6.07) is 21.3. The smallest absolute Gasteiger partial charge is 0.195 e. The molecule has 0 fully saturated rings. The van der Waals surface area contributed by atoms with Gasteiger partial charge in [0.1, 0.15) is 5.76 Å². The van der Waals surface area contributed by atoms with Gasteiger partial charge in [-0.25, -0.2) is 0 Å². The van der Waals surface area contributed by atoms with Crippen LogP contribution < -0.4 is 0 Å². The predicted octanol–water partition coefficient (Wildman–Crippen LogP) is 4.80. The molecule has 130 valence electrons. The summed E-state index contributed by atoms with van der Waals surface area (Å²) in [4.78, 5) is 30.3. The van der Waals surface area contributed by atoms with E-state index in [9.17, 15) is 9.59 Å². The van der Waals surface area contributed by atoms with Crippen LogP contribution in [0.5, 0.6) is 0 Å². The number of nitrogens with zero attached hydrogens (tertiary/aromatic N) is 1. The number of aromatic nitrogens is 1. The van der Waals surface area contributed by atoms with Gasteiger partial charge in [-0.2, -0.15) is 0 Å². The second-order valence-electron chi connectivity index (χ2n) is 5.98. The molecule has 0 radical (unpaired) electrons. The van der Waals surface area contributed by atoms with E-state index in [4.69, 9.17) is 4.42 Å². The van der Waals surface area contributed by atoms with Gasteiger partial charge < -0.3 is 4.42 Å². The number of carbonyl (C=O) groups is 2. The van der Waals surface area contributed by atoms with Crippen molar-refractivity contribution in [2.45, 2.75) is 0 Å². The van der Waals surface area contributed by atoms with Gasteiger partial charge in [-0.15, -0.1) is 0 Å². The number of rotatable bonds is 5. The molecule has 0 saturated heterocycles. The summed E-state index contributed by atoms with van der Waals surface area (Å²) < 4.78 is 5.54. The standard InChI is InChI=1S/C23H15NO3/c25-22(16-8-3-1-4-9-16)18-14-24-15-19(21(18)20-12-7-13-27-20)23(26)17-10-5-2-6-11-17/h1-15H. The Kier molecular flexibility index (Phi) is 4.45. The minimum absolute atomic E-state index is 0.211. The van der Waals surface area contributed by atoms with E-state index >= 15 is 0 Å². The fourth-order valence-electron chi connectivity index (χ4n) is 2.98. The van der Waals surface area contributed by atoms with E-state index in [1.54, 1.807) is 60.7 Å². The molecule has 2 aromatic heterocycles.